The Labute approximate surface area is 146 Å². The minimum Gasteiger partial charge on any atom is -0.497 e. The molecule has 1 aliphatic rings. The first-order chi connectivity index (χ1) is 12.2. The number of carbonyl (C=O) groups excluding carboxylic acids is 1. The second-order valence-corrected chi connectivity index (χ2v) is 5.48. The van der Waals surface area contributed by atoms with Crippen LogP contribution in [0.4, 0.5) is 5.69 Å². The molecule has 1 saturated heterocycles. The van der Waals surface area contributed by atoms with E-state index in [1.165, 1.54) is 0 Å². The SMILES string of the molecule is CCOC(=O)c1[nH]ccc1NCc1ccc(OC)cc1C1OCCO1. The zero-order chi connectivity index (χ0) is 17.6. The Balaban J connectivity index is 1.77. The molecular formula is C18H22N2O5. The van der Waals surface area contributed by atoms with Crippen LogP contribution in [0.5, 0.6) is 5.75 Å². The number of hydrogen-bond donors (Lipinski definition) is 2. The molecule has 2 N–H and O–H groups in total. The third kappa shape index (κ3) is 3.94. The molecule has 2 aromatic rings. The number of aromatic nitrogens is 1. The number of carbonyl (C=O) groups is 1. The first-order valence-electron chi connectivity index (χ1n) is 8.21. The second kappa shape index (κ2) is 8.04. The molecule has 0 aliphatic carbocycles. The highest BCUT2D eigenvalue weighted by Crippen LogP contribution is 2.30. The van der Waals surface area contributed by atoms with Gasteiger partial charge in [0.1, 0.15) is 11.4 Å². The van der Waals surface area contributed by atoms with Crippen LogP contribution < -0.4 is 10.1 Å². The normalized spacial score (nSPS) is 14.5. The molecule has 0 saturated carbocycles. The lowest BCUT2D eigenvalue weighted by Crippen LogP contribution is -2.11. The van der Waals surface area contributed by atoms with Crippen LogP contribution in [0, 0.1) is 0 Å². The lowest BCUT2D eigenvalue weighted by atomic mass is 10.1. The van der Waals surface area contributed by atoms with E-state index >= 15 is 0 Å². The van der Waals surface area contributed by atoms with Gasteiger partial charge >= 0.3 is 5.97 Å². The van der Waals surface area contributed by atoms with Gasteiger partial charge in [0.15, 0.2) is 6.29 Å². The number of nitrogens with one attached hydrogen (secondary N) is 2. The average Bonchev–Trinajstić information content (AvgIpc) is 3.31. The van der Waals surface area contributed by atoms with Gasteiger partial charge in [0.2, 0.25) is 0 Å². The van der Waals surface area contributed by atoms with Gasteiger partial charge < -0.3 is 29.2 Å². The summed E-state index contributed by atoms with van der Waals surface area (Å²) in [5.74, 6) is 0.360. The summed E-state index contributed by atoms with van der Waals surface area (Å²) in [6, 6.07) is 7.57. The third-order valence-corrected chi connectivity index (χ3v) is 3.92. The highest BCUT2D eigenvalue weighted by atomic mass is 16.7. The molecule has 0 radical (unpaired) electrons. The van der Waals surface area contributed by atoms with Crippen LogP contribution in [0.15, 0.2) is 30.5 Å². The van der Waals surface area contributed by atoms with Gasteiger partial charge in [0.25, 0.3) is 0 Å². The van der Waals surface area contributed by atoms with E-state index in [0.29, 0.717) is 37.7 Å². The van der Waals surface area contributed by atoms with E-state index in [2.05, 4.69) is 10.3 Å². The van der Waals surface area contributed by atoms with Crippen molar-refractivity contribution in [2.24, 2.45) is 0 Å². The van der Waals surface area contributed by atoms with E-state index in [4.69, 9.17) is 18.9 Å². The number of rotatable bonds is 7. The summed E-state index contributed by atoms with van der Waals surface area (Å²) in [4.78, 5) is 14.9. The predicted octanol–water partition coefficient (Wildman–Crippen LogP) is 2.86. The summed E-state index contributed by atoms with van der Waals surface area (Å²) in [7, 11) is 1.62. The van der Waals surface area contributed by atoms with Crippen molar-refractivity contribution < 1.29 is 23.7 Å². The molecule has 0 unspecified atom stereocenters. The average molecular weight is 346 g/mol. The largest absolute Gasteiger partial charge is 0.497 e. The van der Waals surface area contributed by atoms with Crippen molar-refractivity contribution in [3.05, 3.63) is 47.3 Å². The molecular weight excluding hydrogens is 324 g/mol. The molecule has 134 valence electrons. The molecule has 1 aromatic heterocycles. The molecule has 2 heterocycles. The van der Waals surface area contributed by atoms with Crippen molar-refractivity contribution in [3.8, 4) is 5.75 Å². The molecule has 7 nitrogen and oxygen atoms in total. The van der Waals surface area contributed by atoms with Gasteiger partial charge in [0, 0.05) is 18.3 Å². The number of aromatic amines is 1. The van der Waals surface area contributed by atoms with Crippen LogP contribution in [-0.4, -0.2) is 37.9 Å². The van der Waals surface area contributed by atoms with Crippen LogP contribution in [0.1, 0.15) is 34.8 Å². The van der Waals surface area contributed by atoms with E-state index in [0.717, 1.165) is 16.9 Å². The summed E-state index contributed by atoms with van der Waals surface area (Å²) in [5.41, 5.74) is 3.01. The third-order valence-electron chi connectivity index (χ3n) is 3.92. The highest BCUT2D eigenvalue weighted by Gasteiger charge is 2.22. The van der Waals surface area contributed by atoms with Gasteiger partial charge in [-0.05, 0) is 30.7 Å². The van der Waals surface area contributed by atoms with Crippen molar-refractivity contribution in [2.75, 3.05) is 32.2 Å². The molecule has 0 bridgehead atoms. The fraction of sp³-hybridized carbons (Fsp3) is 0.389. The van der Waals surface area contributed by atoms with Crippen LogP contribution in [0.25, 0.3) is 0 Å². The minimum absolute atomic E-state index is 0.330. The van der Waals surface area contributed by atoms with Crippen molar-refractivity contribution in [1.29, 1.82) is 0 Å². The molecule has 7 heteroatoms. The molecule has 0 amide bonds. The fourth-order valence-electron chi connectivity index (χ4n) is 2.70. The van der Waals surface area contributed by atoms with Crippen molar-refractivity contribution >= 4 is 11.7 Å². The molecule has 0 spiro atoms. The number of ether oxygens (including phenoxy) is 4. The predicted molar refractivity (Wildman–Crippen MR) is 91.7 cm³/mol. The maximum Gasteiger partial charge on any atom is 0.356 e. The standard InChI is InChI=1S/C18H22N2O5/c1-3-23-17(21)16-15(6-7-19-16)20-11-12-4-5-13(22-2)10-14(12)18-24-8-9-25-18/h4-7,10,18-20H,3,8-9,11H2,1-2H3. The first kappa shape index (κ1) is 17.3. The van der Waals surface area contributed by atoms with E-state index in [1.54, 1.807) is 26.3 Å². The van der Waals surface area contributed by atoms with Crippen LogP contribution in [-0.2, 0) is 20.8 Å². The number of hydrogen-bond acceptors (Lipinski definition) is 6. The molecule has 25 heavy (non-hydrogen) atoms. The van der Waals surface area contributed by atoms with E-state index < -0.39 is 6.29 Å². The number of H-pyrrole nitrogens is 1. The molecule has 0 atom stereocenters. The summed E-state index contributed by atoms with van der Waals surface area (Å²) >= 11 is 0. The maximum atomic E-state index is 11.9. The molecule has 1 fully saturated rings. The number of benzene rings is 1. The zero-order valence-corrected chi connectivity index (χ0v) is 14.3. The molecule has 3 rings (SSSR count). The van der Waals surface area contributed by atoms with Crippen molar-refractivity contribution in [2.45, 2.75) is 19.8 Å². The summed E-state index contributed by atoms with van der Waals surface area (Å²) in [6.45, 7) is 3.75. The van der Waals surface area contributed by atoms with Crippen LogP contribution in [0.3, 0.4) is 0 Å². The number of methoxy groups -OCH3 is 1. The highest BCUT2D eigenvalue weighted by molar-refractivity contribution is 5.93. The van der Waals surface area contributed by atoms with Gasteiger partial charge in [-0.3, -0.25) is 0 Å². The van der Waals surface area contributed by atoms with Crippen molar-refractivity contribution in [1.82, 2.24) is 4.98 Å². The lowest BCUT2D eigenvalue weighted by molar-refractivity contribution is -0.0447. The summed E-state index contributed by atoms with van der Waals surface area (Å²) in [5, 5.41) is 3.27. The number of esters is 1. The molecule has 1 aromatic carbocycles. The van der Waals surface area contributed by atoms with Gasteiger partial charge in [-0.2, -0.15) is 0 Å². The summed E-state index contributed by atoms with van der Waals surface area (Å²) < 4.78 is 21.6. The van der Waals surface area contributed by atoms with Crippen LogP contribution in [0.2, 0.25) is 0 Å². The smallest absolute Gasteiger partial charge is 0.356 e. The monoisotopic (exact) mass is 346 g/mol. The van der Waals surface area contributed by atoms with Gasteiger partial charge in [-0.1, -0.05) is 6.07 Å². The lowest BCUT2D eigenvalue weighted by Gasteiger charge is -2.17. The molecule has 1 aliphatic heterocycles. The Hall–Kier alpha value is -2.51. The minimum atomic E-state index is -0.400. The maximum absolute atomic E-state index is 11.9. The van der Waals surface area contributed by atoms with E-state index in [1.807, 2.05) is 18.2 Å². The Morgan fingerprint density at radius 1 is 1.32 bits per heavy atom. The topological polar surface area (TPSA) is 81.8 Å². The Kier molecular flexibility index (Phi) is 5.57. The first-order valence-corrected chi connectivity index (χ1v) is 8.21. The van der Waals surface area contributed by atoms with Gasteiger partial charge in [-0.25, -0.2) is 4.79 Å². The Morgan fingerprint density at radius 2 is 2.12 bits per heavy atom. The van der Waals surface area contributed by atoms with E-state index in [9.17, 15) is 4.79 Å². The second-order valence-electron chi connectivity index (χ2n) is 5.48. The number of anilines is 1. The van der Waals surface area contributed by atoms with Crippen molar-refractivity contribution in [3.63, 3.8) is 0 Å². The van der Waals surface area contributed by atoms with E-state index in [-0.39, 0.29) is 5.97 Å². The Bertz CT molecular complexity index is 722. The zero-order valence-electron chi connectivity index (χ0n) is 14.3. The van der Waals surface area contributed by atoms with Crippen LogP contribution >= 0.6 is 0 Å². The quantitative estimate of drug-likeness (QED) is 0.750. The summed E-state index contributed by atoms with van der Waals surface area (Å²) in [6.07, 6.45) is 1.30. The fourth-order valence-corrected chi connectivity index (χ4v) is 2.70. The Morgan fingerprint density at radius 3 is 2.84 bits per heavy atom. The van der Waals surface area contributed by atoms with Gasteiger partial charge in [0.05, 0.1) is 32.6 Å². The van der Waals surface area contributed by atoms with Gasteiger partial charge in [-0.15, -0.1) is 0 Å².